The second-order valence-corrected chi connectivity index (χ2v) is 4.59. The molecule has 0 radical (unpaired) electrons. The molecule has 0 aliphatic carbocycles. The Morgan fingerprint density at radius 2 is 2.25 bits per heavy atom. The third kappa shape index (κ3) is 1.81. The highest BCUT2D eigenvalue weighted by molar-refractivity contribution is 5.41. The molecule has 1 aromatic rings. The van der Waals surface area contributed by atoms with E-state index >= 15 is 0 Å². The normalized spacial score (nSPS) is 21.0. The maximum atomic E-state index is 9.18. The molecule has 1 fully saturated rings. The summed E-state index contributed by atoms with van der Waals surface area (Å²) >= 11 is 0. The molecule has 1 aliphatic heterocycles. The van der Waals surface area contributed by atoms with Crippen molar-refractivity contribution in [1.29, 1.82) is 5.26 Å². The van der Waals surface area contributed by atoms with E-state index in [0.717, 1.165) is 24.2 Å². The maximum Gasteiger partial charge on any atom is 0.145 e. The Morgan fingerprint density at radius 3 is 2.81 bits per heavy atom. The smallest absolute Gasteiger partial charge is 0.145 e. The van der Waals surface area contributed by atoms with E-state index in [2.05, 4.69) is 36.0 Å². The summed E-state index contributed by atoms with van der Waals surface area (Å²) in [5.74, 6) is 0. The number of nitrogens with zero attached hydrogens (tertiary/aromatic N) is 3. The van der Waals surface area contributed by atoms with Gasteiger partial charge in [-0.25, -0.2) is 4.98 Å². The summed E-state index contributed by atoms with van der Waals surface area (Å²) in [6, 6.07) is 4.69. The van der Waals surface area contributed by atoms with Gasteiger partial charge in [0.25, 0.3) is 0 Å². The number of pyridine rings is 1. The van der Waals surface area contributed by atoms with Gasteiger partial charge < -0.3 is 0 Å². The molecule has 0 saturated carbocycles. The third-order valence-corrected chi connectivity index (χ3v) is 3.35. The number of rotatable bonds is 1. The zero-order valence-electron chi connectivity index (χ0n) is 10.1. The van der Waals surface area contributed by atoms with Gasteiger partial charge in [-0.05, 0) is 51.9 Å². The summed E-state index contributed by atoms with van der Waals surface area (Å²) in [4.78, 5) is 6.66. The molecule has 2 rings (SSSR count). The van der Waals surface area contributed by atoms with Crippen LogP contribution >= 0.6 is 0 Å². The first-order valence-corrected chi connectivity index (χ1v) is 5.72. The lowest BCUT2D eigenvalue weighted by Gasteiger charge is -2.22. The molecule has 1 unspecified atom stereocenters. The summed E-state index contributed by atoms with van der Waals surface area (Å²) in [7, 11) is 2.12. The van der Waals surface area contributed by atoms with Crippen molar-refractivity contribution in [2.75, 3.05) is 13.6 Å². The monoisotopic (exact) mass is 215 g/mol. The van der Waals surface area contributed by atoms with Gasteiger partial charge in [0.15, 0.2) is 0 Å². The van der Waals surface area contributed by atoms with Crippen LogP contribution in [0, 0.1) is 25.2 Å². The Bertz CT molecular complexity index is 445. The first kappa shape index (κ1) is 11.1. The van der Waals surface area contributed by atoms with Crippen LogP contribution < -0.4 is 0 Å². The minimum atomic E-state index is 0.378. The average molecular weight is 215 g/mol. The largest absolute Gasteiger partial charge is 0.299 e. The number of aromatic nitrogens is 1. The third-order valence-electron chi connectivity index (χ3n) is 3.35. The van der Waals surface area contributed by atoms with Crippen molar-refractivity contribution >= 4 is 0 Å². The van der Waals surface area contributed by atoms with E-state index in [4.69, 9.17) is 0 Å². The molecule has 84 valence electrons. The predicted octanol–water partition coefficient (Wildman–Crippen LogP) is 2.34. The minimum Gasteiger partial charge on any atom is -0.299 e. The van der Waals surface area contributed by atoms with Gasteiger partial charge in [0, 0.05) is 17.3 Å². The molecule has 2 heterocycles. The van der Waals surface area contributed by atoms with Gasteiger partial charge in [-0.1, -0.05) is 0 Å². The fraction of sp³-hybridized carbons (Fsp3) is 0.538. The van der Waals surface area contributed by atoms with Gasteiger partial charge in [-0.3, -0.25) is 4.90 Å². The van der Waals surface area contributed by atoms with Crippen LogP contribution in [0.1, 0.15) is 41.4 Å². The number of nitriles is 1. The van der Waals surface area contributed by atoms with Gasteiger partial charge in [0.1, 0.15) is 11.8 Å². The van der Waals surface area contributed by atoms with Gasteiger partial charge in [-0.2, -0.15) is 5.26 Å². The molecule has 0 spiro atoms. The zero-order valence-corrected chi connectivity index (χ0v) is 10.1. The van der Waals surface area contributed by atoms with E-state index in [9.17, 15) is 5.26 Å². The first-order valence-electron chi connectivity index (χ1n) is 5.72. The van der Waals surface area contributed by atoms with E-state index in [1.54, 1.807) is 0 Å². The molecule has 0 N–H and O–H groups in total. The molecule has 0 bridgehead atoms. The number of hydrogen-bond acceptors (Lipinski definition) is 3. The molecule has 3 nitrogen and oxygen atoms in total. The standard InChI is InChI=1S/C13H17N3/c1-9-7-10(2)15-11(8-14)13(9)12-5-4-6-16(12)3/h7,12H,4-6H2,1-3H3. The van der Waals surface area contributed by atoms with Crippen LogP contribution in [0.2, 0.25) is 0 Å². The highest BCUT2D eigenvalue weighted by atomic mass is 15.1. The van der Waals surface area contributed by atoms with E-state index < -0.39 is 0 Å². The van der Waals surface area contributed by atoms with Crippen LogP contribution in [0.4, 0.5) is 0 Å². The molecular weight excluding hydrogens is 198 g/mol. The van der Waals surface area contributed by atoms with E-state index in [-0.39, 0.29) is 0 Å². The summed E-state index contributed by atoms with van der Waals surface area (Å²) in [5.41, 5.74) is 3.87. The van der Waals surface area contributed by atoms with Gasteiger partial charge in [0.05, 0.1) is 0 Å². The number of hydrogen-bond donors (Lipinski definition) is 0. The number of aryl methyl sites for hydroxylation is 2. The topological polar surface area (TPSA) is 39.9 Å². The minimum absolute atomic E-state index is 0.378. The lowest BCUT2D eigenvalue weighted by molar-refractivity contribution is 0.315. The second-order valence-electron chi connectivity index (χ2n) is 4.59. The van der Waals surface area contributed by atoms with E-state index in [0.29, 0.717) is 11.7 Å². The van der Waals surface area contributed by atoms with Gasteiger partial charge in [0.2, 0.25) is 0 Å². The highest BCUT2D eigenvalue weighted by Crippen LogP contribution is 2.33. The van der Waals surface area contributed by atoms with Crippen LogP contribution in [0.5, 0.6) is 0 Å². The molecule has 1 aromatic heterocycles. The van der Waals surface area contributed by atoms with E-state index in [1.165, 1.54) is 12.0 Å². The fourth-order valence-electron chi connectivity index (χ4n) is 2.63. The second kappa shape index (κ2) is 4.23. The molecule has 0 aromatic carbocycles. The van der Waals surface area contributed by atoms with Crippen molar-refractivity contribution in [3.63, 3.8) is 0 Å². The Labute approximate surface area is 96.7 Å². The van der Waals surface area contributed by atoms with Crippen molar-refractivity contribution in [3.05, 3.63) is 28.6 Å². The van der Waals surface area contributed by atoms with Crippen molar-refractivity contribution in [1.82, 2.24) is 9.88 Å². The Hall–Kier alpha value is -1.40. The highest BCUT2D eigenvalue weighted by Gasteiger charge is 2.27. The summed E-state index contributed by atoms with van der Waals surface area (Å²) in [5, 5.41) is 9.18. The van der Waals surface area contributed by atoms with Crippen LogP contribution in [0.15, 0.2) is 6.07 Å². The lowest BCUT2D eigenvalue weighted by Crippen LogP contribution is -2.20. The molecule has 16 heavy (non-hydrogen) atoms. The molecule has 1 atom stereocenters. The van der Waals surface area contributed by atoms with Crippen molar-refractivity contribution < 1.29 is 0 Å². The van der Waals surface area contributed by atoms with Crippen molar-refractivity contribution in [3.8, 4) is 6.07 Å². The molecule has 3 heteroatoms. The lowest BCUT2D eigenvalue weighted by atomic mass is 9.97. The number of likely N-dealkylation sites (tertiary alicyclic amines) is 1. The van der Waals surface area contributed by atoms with Crippen molar-refractivity contribution in [2.24, 2.45) is 0 Å². The summed E-state index contributed by atoms with van der Waals surface area (Å²) < 4.78 is 0. The molecular formula is C13H17N3. The predicted molar refractivity (Wildman–Crippen MR) is 63.0 cm³/mol. The molecule has 1 saturated heterocycles. The van der Waals surface area contributed by atoms with Gasteiger partial charge >= 0.3 is 0 Å². The van der Waals surface area contributed by atoms with Gasteiger partial charge in [-0.15, -0.1) is 0 Å². The SMILES string of the molecule is Cc1cc(C)c(C2CCCN2C)c(C#N)n1. The Morgan fingerprint density at radius 1 is 1.50 bits per heavy atom. The first-order chi connectivity index (χ1) is 7.63. The quantitative estimate of drug-likeness (QED) is 0.722. The summed E-state index contributed by atoms with van der Waals surface area (Å²) in [6.07, 6.45) is 2.34. The molecule has 1 aliphatic rings. The Kier molecular flexibility index (Phi) is 2.93. The Balaban J connectivity index is 2.51. The summed E-state index contributed by atoms with van der Waals surface area (Å²) in [6.45, 7) is 5.13. The zero-order chi connectivity index (χ0) is 11.7. The van der Waals surface area contributed by atoms with Crippen LogP contribution in [-0.2, 0) is 0 Å². The fourth-order valence-corrected chi connectivity index (χ4v) is 2.63. The van der Waals surface area contributed by atoms with E-state index in [1.807, 2.05) is 6.92 Å². The van der Waals surface area contributed by atoms with Crippen LogP contribution in [-0.4, -0.2) is 23.5 Å². The van der Waals surface area contributed by atoms with Crippen LogP contribution in [0.25, 0.3) is 0 Å². The van der Waals surface area contributed by atoms with Crippen molar-refractivity contribution in [2.45, 2.75) is 32.7 Å². The average Bonchev–Trinajstić information content (AvgIpc) is 2.63. The molecule has 0 amide bonds. The maximum absolute atomic E-state index is 9.18. The van der Waals surface area contributed by atoms with Crippen LogP contribution in [0.3, 0.4) is 0 Å².